The van der Waals surface area contributed by atoms with Gasteiger partial charge in [-0.15, -0.1) is 0 Å². The highest BCUT2D eigenvalue weighted by molar-refractivity contribution is 5.78. The highest BCUT2D eigenvalue weighted by atomic mass is 16.5. The molecule has 1 aromatic rings. The lowest BCUT2D eigenvalue weighted by Gasteiger charge is -2.23. The van der Waals surface area contributed by atoms with E-state index >= 15 is 0 Å². The number of nitrogens with zero attached hydrogens (tertiary/aromatic N) is 1. The number of hydrogen-bond donors (Lipinski definition) is 0. The Balaban J connectivity index is 1.85. The van der Waals surface area contributed by atoms with Crippen molar-refractivity contribution in [2.45, 2.75) is 32.2 Å². The number of para-hydroxylation sites is 1. The van der Waals surface area contributed by atoms with Crippen molar-refractivity contribution in [2.24, 2.45) is 0 Å². The number of benzene rings is 1. The molecule has 0 spiro atoms. The molecule has 0 N–H and O–H groups in total. The first-order valence-electron chi connectivity index (χ1n) is 6.28. The molecule has 3 nitrogen and oxygen atoms in total. The van der Waals surface area contributed by atoms with Crippen molar-refractivity contribution in [3.63, 3.8) is 0 Å². The number of amides is 1. The van der Waals surface area contributed by atoms with Gasteiger partial charge >= 0.3 is 0 Å². The fourth-order valence-electron chi connectivity index (χ4n) is 2.33. The summed E-state index contributed by atoms with van der Waals surface area (Å²) >= 11 is 0. The van der Waals surface area contributed by atoms with Crippen LogP contribution < -0.4 is 4.74 Å². The van der Waals surface area contributed by atoms with Crippen LogP contribution in [0.5, 0.6) is 5.75 Å². The van der Waals surface area contributed by atoms with Crippen LogP contribution in [0.2, 0.25) is 0 Å². The molecule has 1 fully saturated rings. The highest BCUT2D eigenvalue weighted by Gasteiger charge is 2.27. The van der Waals surface area contributed by atoms with Crippen molar-refractivity contribution in [1.82, 2.24) is 4.90 Å². The van der Waals surface area contributed by atoms with E-state index in [1.54, 1.807) is 0 Å². The van der Waals surface area contributed by atoms with Gasteiger partial charge in [-0.25, -0.2) is 0 Å². The fraction of sp³-hybridized carbons (Fsp3) is 0.500. The van der Waals surface area contributed by atoms with Gasteiger partial charge in [0, 0.05) is 12.6 Å². The molecule has 3 heteroatoms. The van der Waals surface area contributed by atoms with E-state index in [0.29, 0.717) is 6.04 Å². The summed E-state index contributed by atoms with van der Waals surface area (Å²) in [6.07, 6.45) is 3.29. The van der Waals surface area contributed by atoms with Gasteiger partial charge in [-0.1, -0.05) is 25.1 Å². The Bertz CT molecular complexity index is 364. The zero-order valence-corrected chi connectivity index (χ0v) is 10.3. The van der Waals surface area contributed by atoms with E-state index in [9.17, 15) is 4.79 Å². The Morgan fingerprint density at radius 2 is 2.18 bits per heavy atom. The normalized spacial score (nSPS) is 19.4. The summed E-state index contributed by atoms with van der Waals surface area (Å²) in [7, 11) is 0. The minimum absolute atomic E-state index is 0.109. The predicted molar refractivity (Wildman–Crippen MR) is 67.0 cm³/mol. The summed E-state index contributed by atoms with van der Waals surface area (Å²) in [6, 6.07) is 9.90. The Kier molecular flexibility index (Phi) is 4.02. The van der Waals surface area contributed by atoms with Crippen molar-refractivity contribution >= 4 is 5.91 Å². The maximum Gasteiger partial charge on any atom is 0.260 e. The molecule has 0 aromatic heterocycles. The van der Waals surface area contributed by atoms with Crippen LogP contribution in [0.3, 0.4) is 0 Å². The number of rotatable bonds is 4. The second-order valence-electron chi connectivity index (χ2n) is 4.39. The maximum absolute atomic E-state index is 12.0. The second-order valence-corrected chi connectivity index (χ2v) is 4.39. The van der Waals surface area contributed by atoms with Crippen molar-refractivity contribution in [3.8, 4) is 5.75 Å². The van der Waals surface area contributed by atoms with Gasteiger partial charge in [0.25, 0.3) is 5.91 Å². The third-order valence-electron chi connectivity index (χ3n) is 3.27. The van der Waals surface area contributed by atoms with Crippen molar-refractivity contribution in [2.75, 3.05) is 13.2 Å². The van der Waals surface area contributed by atoms with Crippen LogP contribution in [-0.4, -0.2) is 30.0 Å². The first-order valence-corrected chi connectivity index (χ1v) is 6.28. The molecule has 92 valence electrons. The largest absolute Gasteiger partial charge is 0.484 e. The molecule has 1 unspecified atom stereocenters. The standard InChI is InChI=1S/C14H19NO2/c1-2-12-7-6-10-15(12)14(16)11-17-13-8-4-3-5-9-13/h3-5,8-9,12H,2,6-7,10-11H2,1H3. The lowest BCUT2D eigenvalue weighted by molar-refractivity contribution is -0.134. The molecular formula is C14H19NO2. The third kappa shape index (κ3) is 2.99. The van der Waals surface area contributed by atoms with Crippen LogP contribution in [0, 0.1) is 0 Å². The van der Waals surface area contributed by atoms with E-state index in [0.717, 1.165) is 31.6 Å². The minimum Gasteiger partial charge on any atom is -0.484 e. The van der Waals surface area contributed by atoms with E-state index < -0.39 is 0 Å². The molecule has 1 aliphatic rings. The molecule has 1 saturated heterocycles. The smallest absolute Gasteiger partial charge is 0.260 e. The molecule has 1 aromatic carbocycles. The van der Waals surface area contributed by atoms with Crippen LogP contribution in [0.1, 0.15) is 26.2 Å². The zero-order valence-electron chi connectivity index (χ0n) is 10.3. The molecular weight excluding hydrogens is 214 g/mol. The number of carbonyl (C=O) groups excluding carboxylic acids is 1. The number of carbonyl (C=O) groups is 1. The maximum atomic E-state index is 12.0. The highest BCUT2D eigenvalue weighted by Crippen LogP contribution is 2.20. The molecule has 1 heterocycles. The van der Waals surface area contributed by atoms with Crippen molar-refractivity contribution < 1.29 is 9.53 Å². The summed E-state index contributed by atoms with van der Waals surface area (Å²) < 4.78 is 5.48. The zero-order chi connectivity index (χ0) is 12.1. The topological polar surface area (TPSA) is 29.5 Å². The average Bonchev–Trinajstić information content (AvgIpc) is 2.85. The summed E-state index contributed by atoms with van der Waals surface area (Å²) in [4.78, 5) is 14.0. The van der Waals surface area contributed by atoms with Crippen LogP contribution >= 0.6 is 0 Å². The summed E-state index contributed by atoms with van der Waals surface area (Å²) in [5, 5.41) is 0. The first kappa shape index (κ1) is 12.0. The van der Waals surface area contributed by atoms with Crippen LogP contribution in [0.25, 0.3) is 0 Å². The monoisotopic (exact) mass is 233 g/mol. The number of likely N-dealkylation sites (tertiary alicyclic amines) is 1. The molecule has 2 rings (SSSR count). The van der Waals surface area contributed by atoms with E-state index in [-0.39, 0.29) is 12.5 Å². The van der Waals surface area contributed by atoms with Gasteiger partial charge in [0.15, 0.2) is 6.61 Å². The second kappa shape index (κ2) is 5.71. The molecule has 1 aliphatic heterocycles. The summed E-state index contributed by atoms with van der Waals surface area (Å²) in [5.74, 6) is 0.867. The fourth-order valence-corrected chi connectivity index (χ4v) is 2.33. The quantitative estimate of drug-likeness (QED) is 0.799. The Morgan fingerprint density at radius 1 is 1.41 bits per heavy atom. The summed E-state index contributed by atoms with van der Waals surface area (Å²) in [5.41, 5.74) is 0. The van der Waals surface area contributed by atoms with E-state index in [2.05, 4.69) is 6.92 Å². The molecule has 1 amide bonds. The average molecular weight is 233 g/mol. The first-order chi connectivity index (χ1) is 8.31. The van der Waals surface area contributed by atoms with Gasteiger partial charge in [0.1, 0.15) is 5.75 Å². The molecule has 17 heavy (non-hydrogen) atoms. The van der Waals surface area contributed by atoms with Gasteiger partial charge in [-0.05, 0) is 31.4 Å². The number of ether oxygens (including phenoxy) is 1. The van der Waals surface area contributed by atoms with Gasteiger partial charge in [-0.3, -0.25) is 4.79 Å². The number of hydrogen-bond acceptors (Lipinski definition) is 2. The molecule has 1 atom stereocenters. The molecule has 0 aliphatic carbocycles. The lowest BCUT2D eigenvalue weighted by atomic mass is 10.2. The van der Waals surface area contributed by atoms with Gasteiger partial charge in [-0.2, -0.15) is 0 Å². The van der Waals surface area contributed by atoms with E-state index in [1.807, 2.05) is 35.2 Å². The Hall–Kier alpha value is -1.51. The van der Waals surface area contributed by atoms with Gasteiger partial charge < -0.3 is 9.64 Å². The summed E-state index contributed by atoms with van der Waals surface area (Å²) in [6.45, 7) is 3.17. The van der Waals surface area contributed by atoms with Crippen molar-refractivity contribution in [3.05, 3.63) is 30.3 Å². The van der Waals surface area contributed by atoms with Crippen LogP contribution in [0.4, 0.5) is 0 Å². The van der Waals surface area contributed by atoms with Crippen molar-refractivity contribution in [1.29, 1.82) is 0 Å². The van der Waals surface area contributed by atoms with Gasteiger partial charge in [0.05, 0.1) is 0 Å². The SMILES string of the molecule is CCC1CCCN1C(=O)COc1ccccc1. The Labute approximate surface area is 102 Å². The van der Waals surface area contributed by atoms with E-state index in [1.165, 1.54) is 0 Å². The van der Waals surface area contributed by atoms with Crippen LogP contribution in [-0.2, 0) is 4.79 Å². The van der Waals surface area contributed by atoms with E-state index in [4.69, 9.17) is 4.74 Å². The lowest BCUT2D eigenvalue weighted by Crippen LogP contribution is -2.38. The minimum atomic E-state index is 0.109. The Morgan fingerprint density at radius 3 is 2.88 bits per heavy atom. The molecule has 0 radical (unpaired) electrons. The third-order valence-corrected chi connectivity index (χ3v) is 3.27. The van der Waals surface area contributed by atoms with Gasteiger partial charge in [0.2, 0.25) is 0 Å². The predicted octanol–water partition coefficient (Wildman–Crippen LogP) is 2.47. The molecule has 0 saturated carbocycles. The molecule has 0 bridgehead atoms. The van der Waals surface area contributed by atoms with Crippen LogP contribution in [0.15, 0.2) is 30.3 Å².